The van der Waals surface area contributed by atoms with Crippen LogP contribution in [-0.4, -0.2) is 18.8 Å². The van der Waals surface area contributed by atoms with Crippen molar-refractivity contribution in [3.8, 4) is 5.75 Å². The number of carbonyl (C=O) groups excluding carboxylic acids is 1. The summed E-state index contributed by atoms with van der Waals surface area (Å²) in [5, 5.41) is 0. The molecular formula is C24H20N2O3. The Hall–Kier alpha value is -3.60. The van der Waals surface area contributed by atoms with Crippen molar-refractivity contribution in [3.63, 3.8) is 0 Å². The van der Waals surface area contributed by atoms with E-state index in [2.05, 4.69) is 24.3 Å². The van der Waals surface area contributed by atoms with E-state index in [1.54, 1.807) is 18.2 Å². The summed E-state index contributed by atoms with van der Waals surface area (Å²) >= 11 is 0. The SMILES string of the molecule is COc1ccc(N)cc1C(=O)OC1=CC=C2C=CC=C3N=C4C=CCC=C4C23C1. The van der Waals surface area contributed by atoms with Crippen molar-refractivity contribution in [1.82, 2.24) is 0 Å². The smallest absolute Gasteiger partial charge is 0.347 e. The predicted molar refractivity (Wildman–Crippen MR) is 113 cm³/mol. The Morgan fingerprint density at radius 3 is 2.97 bits per heavy atom. The quantitative estimate of drug-likeness (QED) is 0.618. The highest BCUT2D eigenvalue weighted by Crippen LogP contribution is 2.56. The molecule has 5 nitrogen and oxygen atoms in total. The van der Waals surface area contributed by atoms with Crippen molar-refractivity contribution < 1.29 is 14.3 Å². The molecule has 1 heterocycles. The van der Waals surface area contributed by atoms with Gasteiger partial charge in [-0.2, -0.15) is 0 Å². The molecule has 0 aromatic heterocycles. The van der Waals surface area contributed by atoms with Crippen LogP contribution in [0.15, 0.2) is 94.4 Å². The van der Waals surface area contributed by atoms with E-state index in [9.17, 15) is 4.79 Å². The molecule has 0 bridgehead atoms. The van der Waals surface area contributed by atoms with Gasteiger partial charge in [-0.15, -0.1) is 0 Å². The normalized spacial score (nSPS) is 23.6. The van der Waals surface area contributed by atoms with Crippen LogP contribution in [0.1, 0.15) is 23.2 Å². The van der Waals surface area contributed by atoms with Crippen LogP contribution in [0.3, 0.4) is 0 Å². The number of anilines is 1. The van der Waals surface area contributed by atoms with E-state index in [1.165, 1.54) is 12.7 Å². The Morgan fingerprint density at radius 2 is 2.10 bits per heavy atom. The van der Waals surface area contributed by atoms with Crippen molar-refractivity contribution in [1.29, 1.82) is 0 Å². The van der Waals surface area contributed by atoms with Gasteiger partial charge in [0, 0.05) is 12.1 Å². The summed E-state index contributed by atoms with van der Waals surface area (Å²) in [4.78, 5) is 17.7. The van der Waals surface area contributed by atoms with Gasteiger partial charge in [0.2, 0.25) is 0 Å². The molecule has 4 aliphatic rings. The Kier molecular flexibility index (Phi) is 3.91. The van der Waals surface area contributed by atoms with Gasteiger partial charge in [0.1, 0.15) is 17.1 Å². The van der Waals surface area contributed by atoms with Crippen molar-refractivity contribution in [3.05, 3.63) is 95.0 Å². The molecule has 1 aromatic rings. The van der Waals surface area contributed by atoms with Crippen LogP contribution in [0.4, 0.5) is 5.69 Å². The Balaban J connectivity index is 1.49. The maximum Gasteiger partial charge on any atom is 0.347 e. The summed E-state index contributed by atoms with van der Waals surface area (Å²) in [6, 6.07) is 4.93. The van der Waals surface area contributed by atoms with Crippen LogP contribution < -0.4 is 10.5 Å². The van der Waals surface area contributed by atoms with Gasteiger partial charge >= 0.3 is 5.97 Å². The zero-order valence-corrected chi connectivity index (χ0v) is 16.0. The number of carbonyl (C=O) groups is 1. The van der Waals surface area contributed by atoms with Gasteiger partial charge in [0.15, 0.2) is 0 Å². The molecule has 5 rings (SSSR count). The molecule has 1 atom stereocenters. The molecule has 1 unspecified atom stereocenters. The third kappa shape index (κ3) is 2.62. The largest absolute Gasteiger partial charge is 0.496 e. The standard InChI is InChI=1S/C24H20N2O3/c1-28-21-12-10-16(25)13-18(21)23(27)29-17-11-9-15-5-4-8-22-24(15,14-17)19-6-2-3-7-20(19)26-22/h3-13H,2,14,25H2,1H3. The highest BCUT2D eigenvalue weighted by Gasteiger charge is 2.49. The number of ether oxygens (including phenoxy) is 2. The third-order valence-corrected chi connectivity index (χ3v) is 5.73. The predicted octanol–water partition coefficient (Wildman–Crippen LogP) is 4.43. The lowest BCUT2D eigenvalue weighted by molar-refractivity contribution is 0.0599. The number of nitrogen functional groups attached to an aromatic ring is 1. The molecule has 1 spiro atoms. The lowest BCUT2D eigenvalue weighted by Crippen LogP contribution is -2.31. The number of hydrogen-bond donors (Lipinski definition) is 1. The molecule has 29 heavy (non-hydrogen) atoms. The van der Waals surface area contributed by atoms with E-state index in [1.807, 2.05) is 24.3 Å². The van der Waals surface area contributed by atoms with Crippen molar-refractivity contribution >= 4 is 17.4 Å². The number of allylic oxidation sites excluding steroid dienone is 10. The van der Waals surface area contributed by atoms with Crippen LogP contribution >= 0.6 is 0 Å². The van der Waals surface area contributed by atoms with Crippen LogP contribution in [0.2, 0.25) is 0 Å². The van der Waals surface area contributed by atoms with E-state index in [0.717, 1.165) is 23.4 Å². The number of fused-ring (bicyclic) bond motifs is 1. The molecule has 1 aliphatic heterocycles. The molecule has 2 N–H and O–H groups in total. The number of hydrogen-bond acceptors (Lipinski definition) is 5. The van der Waals surface area contributed by atoms with Gasteiger partial charge in [0.05, 0.1) is 23.9 Å². The van der Waals surface area contributed by atoms with E-state index < -0.39 is 5.97 Å². The van der Waals surface area contributed by atoms with Gasteiger partial charge < -0.3 is 15.2 Å². The summed E-state index contributed by atoms with van der Waals surface area (Å²) in [7, 11) is 1.52. The summed E-state index contributed by atoms with van der Waals surface area (Å²) in [6.45, 7) is 0. The van der Waals surface area contributed by atoms with Crippen molar-refractivity contribution in [2.24, 2.45) is 10.4 Å². The first-order chi connectivity index (χ1) is 14.1. The van der Waals surface area contributed by atoms with Crippen molar-refractivity contribution in [2.75, 3.05) is 12.8 Å². The van der Waals surface area contributed by atoms with E-state index in [0.29, 0.717) is 29.2 Å². The fraction of sp³-hybridized carbons (Fsp3) is 0.167. The molecule has 0 fully saturated rings. The maximum atomic E-state index is 12.9. The lowest BCUT2D eigenvalue weighted by Gasteiger charge is -2.37. The molecule has 0 saturated carbocycles. The Morgan fingerprint density at radius 1 is 1.21 bits per heavy atom. The fourth-order valence-corrected chi connectivity index (χ4v) is 4.40. The summed E-state index contributed by atoms with van der Waals surface area (Å²) in [5.41, 5.74) is 10.6. The zero-order valence-electron chi connectivity index (χ0n) is 16.0. The fourth-order valence-electron chi connectivity index (χ4n) is 4.40. The third-order valence-electron chi connectivity index (χ3n) is 5.73. The first-order valence-electron chi connectivity index (χ1n) is 9.54. The van der Waals surface area contributed by atoms with Gasteiger partial charge in [0.25, 0.3) is 0 Å². The molecular weight excluding hydrogens is 364 g/mol. The van der Waals surface area contributed by atoms with E-state index >= 15 is 0 Å². The molecule has 144 valence electrons. The summed E-state index contributed by atoms with van der Waals surface area (Å²) in [5.74, 6) is 0.543. The molecule has 0 amide bonds. The van der Waals surface area contributed by atoms with E-state index in [-0.39, 0.29) is 5.41 Å². The molecule has 3 aliphatic carbocycles. The molecule has 5 heteroatoms. The Bertz CT molecular complexity index is 1140. The lowest BCUT2D eigenvalue weighted by atomic mass is 9.65. The number of benzene rings is 1. The number of nitrogens with zero attached hydrogens (tertiary/aromatic N) is 1. The van der Waals surface area contributed by atoms with Crippen LogP contribution in [0.25, 0.3) is 0 Å². The van der Waals surface area contributed by atoms with Gasteiger partial charge in [-0.05, 0) is 54.0 Å². The number of aliphatic imine (C=N–C) groups is 1. The topological polar surface area (TPSA) is 73.9 Å². The second-order valence-corrected chi connectivity index (χ2v) is 7.35. The summed E-state index contributed by atoms with van der Waals surface area (Å²) in [6.07, 6.45) is 17.9. The van der Waals surface area contributed by atoms with Gasteiger partial charge in [-0.1, -0.05) is 30.4 Å². The second kappa shape index (κ2) is 6.48. The first-order valence-corrected chi connectivity index (χ1v) is 9.54. The number of esters is 1. The summed E-state index contributed by atoms with van der Waals surface area (Å²) < 4.78 is 11.1. The monoisotopic (exact) mass is 384 g/mol. The Labute approximate surface area is 168 Å². The number of methoxy groups -OCH3 is 1. The minimum Gasteiger partial charge on any atom is -0.496 e. The maximum absolute atomic E-state index is 12.9. The minimum atomic E-state index is -0.484. The van der Waals surface area contributed by atoms with Crippen LogP contribution in [0, 0.1) is 5.41 Å². The minimum absolute atomic E-state index is 0.308. The van der Waals surface area contributed by atoms with E-state index in [4.69, 9.17) is 20.2 Å². The van der Waals surface area contributed by atoms with Crippen molar-refractivity contribution in [2.45, 2.75) is 12.8 Å². The van der Waals surface area contributed by atoms with Gasteiger partial charge in [-0.3, -0.25) is 4.99 Å². The number of nitrogens with two attached hydrogens (primary N) is 1. The highest BCUT2D eigenvalue weighted by molar-refractivity contribution is 6.14. The molecule has 0 saturated heterocycles. The van der Waals surface area contributed by atoms with Crippen LogP contribution in [0.5, 0.6) is 5.75 Å². The molecule has 0 radical (unpaired) electrons. The first kappa shape index (κ1) is 17.5. The number of rotatable bonds is 3. The highest BCUT2D eigenvalue weighted by atomic mass is 16.5. The average Bonchev–Trinajstić information content (AvgIpc) is 3.06. The van der Waals surface area contributed by atoms with Gasteiger partial charge in [-0.25, -0.2) is 4.79 Å². The molecule has 1 aromatic carbocycles. The average molecular weight is 384 g/mol. The zero-order chi connectivity index (χ0) is 20.0. The second-order valence-electron chi connectivity index (χ2n) is 7.35. The van der Waals surface area contributed by atoms with Crippen LogP contribution in [-0.2, 0) is 4.74 Å².